The molecule has 0 aromatic rings. The minimum Gasteiger partial charge on any atom is -0.480 e. The van der Waals surface area contributed by atoms with Gasteiger partial charge in [0.2, 0.25) is 0 Å². The van der Waals surface area contributed by atoms with Crippen molar-refractivity contribution in [3.8, 4) is 0 Å². The fourth-order valence-corrected chi connectivity index (χ4v) is 1.05. The smallest absolute Gasteiger partial charge is 0.410 e. The number of aliphatic carboxylic acids is 1. The van der Waals surface area contributed by atoms with Crippen molar-refractivity contribution in [2.75, 3.05) is 13.1 Å². The van der Waals surface area contributed by atoms with Crippen molar-refractivity contribution >= 4 is 12.1 Å². The number of hydrogen-bond acceptors (Lipinski definition) is 3. The normalized spacial score (nSPS) is 11.8. The lowest BCUT2D eigenvalue weighted by atomic mass is 10.2. The average molecular weight is 232 g/mol. The lowest BCUT2D eigenvalue weighted by Gasteiger charge is -2.26. The van der Waals surface area contributed by atoms with Crippen LogP contribution in [0.4, 0.5) is 4.79 Å². The summed E-state index contributed by atoms with van der Waals surface area (Å²) in [5, 5.41) is 8.70. The monoisotopic (exact) mass is 232 g/mol. The van der Waals surface area contributed by atoms with Crippen molar-refractivity contribution in [2.45, 2.75) is 46.1 Å². The van der Waals surface area contributed by atoms with Crippen LogP contribution in [0.3, 0.4) is 0 Å². The zero-order valence-corrected chi connectivity index (χ0v) is 10.2. The van der Waals surface area contributed by atoms with Crippen LogP contribution in [-0.4, -0.2) is 40.8 Å². The molecule has 5 heteroatoms. The molecule has 0 bridgehead atoms. The van der Waals surface area contributed by atoms with Crippen molar-refractivity contribution in [3.05, 3.63) is 0 Å². The van der Waals surface area contributed by atoms with Crippen molar-refractivity contribution in [3.63, 3.8) is 0 Å². The quantitative estimate of drug-likeness (QED) is 0.788. The Hall–Kier alpha value is -1.26. The molecule has 0 saturated carbocycles. The number of carbonyl (C=O) groups is 2. The summed E-state index contributed by atoms with van der Waals surface area (Å²) in [5.41, 5.74) is -0.889. The van der Waals surface area contributed by atoms with Crippen LogP contribution in [0.5, 0.6) is 0 Å². The predicted molar refractivity (Wildman–Crippen MR) is 60.4 cm³/mol. The van der Waals surface area contributed by atoms with Crippen LogP contribution < -0.4 is 0 Å². The van der Waals surface area contributed by atoms with Crippen LogP contribution in [-0.2, 0) is 9.53 Å². The Kier molecular flexibility index (Phi) is 5.08. The maximum atomic E-state index is 11.7. The molecular weight excluding hydrogens is 210 g/mol. The van der Waals surface area contributed by atoms with E-state index in [-0.39, 0.29) is 13.4 Å². The molecule has 0 unspecified atom stereocenters. The summed E-state index contributed by atoms with van der Waals surface area (Å²) >= 11 is 0. The van der Waals surface area contributed by atoms with Crippen LogP contribution in [0.1, 0.15) is 41.9 Å². The van der Waals surface area contributed by atoms with Gasteiger partial charge < -0.3 is 9.84 Å². The van der Waals surface area contributed by atoms with E-state index in [1.54, 1.807) is 13.8 Å². The Morgan fingerprint density at radius 1 is 1.50 bits per heavy atom. The molecule has 0 aliphatic rings. The molecular formula is C11H21NO4. The van der Waals surface area contributed by atoms with Gasteiger partial charge in [-0.05, 0) is 27.2 Å². The number of hydrogen-bond donors (Lipinski definition) is 1. The molecule has 0 rings (SSSR count). The first-order chi connectivity index (χ1) is 7.82. The van der Waals surface area contributed by atoms with Crippen LogP contribution in [0, 0.1) is 0 Å². The number of nitrogens with zero attached hydrogens (tertiary/aromatic N) is 1. The Labute approximate surface area is 97.8 Å². The van der Waals surface area contributed by atoms with E-state index in [0.29, 0.717) is 6.54 Å². The molecule has 0 spiro atoms. The zero-order valence-electron chi connectivity index (χ0n) is 11.2. The highest BCUT2D eigenvalue weighted by atomic mass is 16.6. The molecule has 0 saturated heterocycles. The molecule has 0 radical (unpaired) electrons. The zero-order chi connectivity index (χ0) is 13.5. The van der Waals surface area contributed by atoms with Crippen LogP contribution in [0.25, 0.3) is 0 Å². The van der Waals surface area contributed by atoms with Gasteiger partial charge in [-0.15, -0.1) is 0 Å². The van der Waals surface area contributed by atoms with Crippen LogP contribution >= 0.6 is 0 Å². The van der Waals surface area contributed by atoms with Crippen molar-refractivity contribution in [1.29, 1.82) is 0 Å². The Balaban J connectivity index is 4.46. The van der Waals surface area contributed by atoms with Gasteiger partial charge in [0.25, 0.3) is 0 Å². The number of rotatable bonds is 5. The first kappa shape index (κ1) is 12.8. The molecule has 0 aromatic carbocycles. The first-order valence-electron chi connectivity index (χ1n) is 6.02. The summed E-state index contributed by atoms with van der Waals surface area (Å²) in [6.07, 6.45) is 0.924. The van der Waals surface area contributed by atoms with Gasteiger partial charge >= 0.3 is 12.1 Å². The van der Waals surface area contributed by atoms with Gasteiger partial charge in [0.15, 0.2) is 0 Å². The lowest BCUT2D eigenvalue weighted by molar-refractivity contribution is -0.138. The number of carbonyl (C=O) groups excluding carboxylic acids is 1. The summed E-state index contributed by atoms with van der Waals surface area (Å²) in [6.45, 7) is 5.13. The Morgan fingerprint density at radius 3 is 2.56 bits per heavy atom. The maximum absolute atomic E-state index is 11.7. The van der Waals surface area contributed by atoms with Crippen molar-refractivity contribution in [1.82, 2.24) is 4.90 Å². The summed E-state index contributed by atoms with van der Waals surface area (Å²) < 4.78 is 12.3. The third-order valence-electron chi connectivity index (χ3n) is 1.73. The summed E-state index contributed by atoms with van der Waals surface area (Å²) in [6, 6.07) is 0. The molecule has 0 fully saturated rings. The van der Waals surface area contributed by atoms with E-state index in [0.717, 1.165) is 17.7 Å². The number of amides is 1. The molecule has 94 valence electrons. The summed E-state index contributed by atoms with van der Waals surface area (Å²) in [4.78, 5) is 23.5. The fraction of sp³-hybridized carbons (Fsp3) is 0.818. The highest BCUT2D eigenvalue weighted by molar-refractivity contribution is 5.76. The standard InChI is InChI=1S/C11H21NO4/c1-5-6-7-12(8-9(13)14)10(15)16-11(2,3)4/h5-8H2,1-4H3,(H,13,14)/i2D. The lowest BCUT2D eigenvalue weighted by Crippen LogP contribution is -2.40. The van der Waals surface area contributed by atoms with E-state index in [9.17, 15) is 9.59 Å². The average Bonchev–Trinajstić information content (AvgIpc) is 2.23. The van der Waals surface area contributed by atoms with Gasteiger partial charge in [0, 0.05) is 7.92 Å². The first-order valence-corrected chi connectivity index (χ1v) is 5.31. The van der Waals surface area contributed by atoms with Gasteiger partial charge in [-0.25, -0.2) is 4.79 Å². The molecule has 0 aliphatic heterocycles. The third kappa shape index (κ3) is 7.09. The molecule has 1 amide bonds. The molecule has 0 atom stereocenters. The van der Waals surface area contributed by atoms with Gasteiger partial charge in [-0.1, -0.05) is 13.3 Å². The van der Waals surface area contributed by atoms with Crippen molar-refractivity contribution in [2.24, 2.45) is 0 Å². The van der Waals surface area contributed by atoms with Gasteiger partial charge in [0.05, 0.1) is 0 Å². The second kappa shape index (κ2) is 6.35. The highest BCUT2D eigenvalue weighted by Crippen LogP contribution is 2.10. The number of carboxylic acid groups (broad SMARTS) is 1. The fourth-order valence-electron chi connectivity index (χ4n) is 1.05. The van der Waals surface area contributed by atoms with E-state index < -0.39 is 17.7 Å². The van der Waals surface area contributed by atoms with Crippen LogP contribution in [0.15, 0.2) is 0 Å². The number of carboxylic acids is 1. The molecule has 16 heavy (non-hydrogen) atoms. The maximum Gasteiger partial charge on any atom is 0.410 e. The minimum atomic E-state index is -1.07. The number of unbranched alkanes of at least 4 members (excludes halogenated alkanes) is 1. The van der Waals surface area contributed by atoms with E-state index in [1.165, 1.54) is 0 Å². The second-order valence-electron chi connectivity index (χ2n) is 4.30. The molecule has 0 aromatic heterocycles. The highest BCUT2D eigenvalue weighted by Gasteiger charge is 2.23. The third-order valence-corrected chi connectivity index (χ3v) is 1.73. The SMILES string of the molecule is [2H]CC(C)(C)OC(=O)N(CCCC)CC(=O)O. The largest absolute Gasteiger partial charge is 0.480 e. The number of ether oxygens (including phenoxy) is 1. The second-order valence-corrected chi connectivity index (χ2v) is 4.30. The van der Waals surface area contributed by atoms with Crippen LogP contribution in [0.2, 0.25) is 0 Å². The van der Waals surface area contributed by atoms with Gasteiger partial charge in [-0.2, -0.15) is 0 Å². The van der Waals surface area contributed by atoms with Crippen molar-refractivity contribution < 1.29 is 20.8 Å². The topological polar surface area (TPSA) is 66.8 Å². The predicted octanol–water partition coefficient (Wildman–Crippen LogP) is 2.11. The van der Waals surface area contributed by atoms with E-state index in [4.69, 9.17) is 11.2 Å². The molecule has 0 heterocycles. The summed E-state index contributed by atoms with van der Waals surface area (Å²) in [7, 11) is 0. The molecule has 1 N–H and O–H groups in total. The van der Waals surface area contributed by atoms with E-state index in [1.807, 2.05) is 6.92 Å². The van der Waals surface area contributed by atoms with Gasteiger partial charge in [0.1, 0.15) is 12.1 Å². The molecule has 0 aliphatic carbocycles. The molecule has 5 nitrogen and oxygen atoms in total. The van der Waals surface area contributed by atoms with E-state index >= 15 is 0 Å². The summed E-state index contributed by atoms with van der Waals surface area (Å²) in [5.74, 6) is -1.07. The van der Waals surface area contributed by atoms with Gasteiger partial charge in [-0.3, -0.25) is 9.69 Å². The Bertz CT molecular complexity index is 268. The van der Waals surface area contributed by atoms with E-state index in [2.05, 4.69) is 0 Å². The Morgan fingerprint density at radius 2 is 2.12 bits per heavy atom. The minimum absolute atomic E-state index is 0.0621.